The van der Waals surface area contributed by atoms with Gasteiger partial charge in [0, 0.05) is 11.1 Å². The van der Waals surface area contributed by atoms with Gasteiger partial charge in [0.1, 0.15) is 11.5 Å². The highest BCUT2D eigenvalue weighted by atomic mass is 35.5. The van der Waals surface area contributed by atoms with Gasteiger partial charge in [-0.3, -0.25) is 0 Å². The van der Waals surface area contributed by atoms with Crippen molar-refractivity contribution in [2.24, 2.45) is 5.10 Å². The lowest BCUT2D eigenvalue weighted by Gasteiger charge is -2.04. The molecule has 2 N–H and O–H groups in total. The van der Waals surface area contributed by atoms with Gasteiger partial charge in [-0.25, -0.2) is 5.10 Å². The minimum absolute atomic E-state index is 0.0776. The van der Waals surface area contributed by atoms with Crippen molar-refractivity contribution in [2.75, 3.05) is 7.11 Å². The van der Waals surface area contributed by atoms with Gasteiger partial charge in [-0.1, -0.05) is 23.7 Å². The zero-order chi connectivity index (χ0) is 17.1. The maximum absolute atomic E-state index is 9.93. The highest BCUT2D eigenvalue weighted by Gasteiger charge is 2.11. The number of hydrogen-bond donors (Lipinski definition) is 2. The second kappa shape index (κ2) is 6.86. The van der Waals surface area contributed by atoms with E-state index in [1.54, 1.807) is 25.3 Å². The van der Waals surface area contributed by atoms with Gasteiger partial charge < -0.3 is 9.84 Å². The van der Waals surface area contributed by atoms with Gasteiger partial charge in [0.25, 0.3) is 0 Å². The Kier molecular flexibility index (Phi) is 4.64. The number of H-pyrrole nitrogens is 1. The molecule has 122 valence electrons. The number of phenolic OH excluding ortho intramolecular Hbond substituents is 1. The number of halogens is 1. The Balaban J connectivity index is 2.04. The van der Waals surface area contributed by atoms with E-state index in [0.29, 0.717) is 32.5 Å². The summed E-state index contributed by atoms with van der Waals surface area (Å²) in [6.07, 6.45) is 1.48. The fraction of sp³-hybridized carbons (Fsp3) is 0.0625. The minimum atomic E-state index is 0.0776. The van der Waals surface area contributed by atoms with Crippen molar-refractivity contribution < 1.29 is 9.84 Å². The standard InChI is InChI=1S/C16H13ClN4O2S/c1-23-11-6-7-14(22)10(8-11)9-18-21-15(19-20-16(21)24)12-4-2-3-5-13(12)17/h2-9,22H,1H3,(H,20,24)/b18-9+. The molecule has 0 aliphatic heterocycles. The van der Waals surface area contributed by atoms with Gasteiger partial charge in [0.05, 0.1) is 18.3 Å². The van der Waals surface area contributed by atoms with E-state index < -0.39 is 0 Å². The van der Waals surface area contributed by atoms with Crippen LogP contribution in [0.1, 0.15) is 5.56 Å². The Labute approximate surface area is 148 Å². The average Bonchev–Trinajstić information content (AvgIpc) is 2.95. The zero-order valence-electron chi connectivity index (χ0n) is 12.6. The lowest BCUT2D eigenvalue weighted by molar-refractivity contribution is 0.412. The third-order valence-corrected chi connectivity index (χ3v) is 3.91. The molecule has 0 amide bonds. The Hall–Kier alpha value is -2.64. The number of nitrogens with one attached hydrogen (secondary N) is 1. The highest BCUT2D eigenvalue weighted by Crippen LogP contribution is 2.26. The van der Waals surface area contributed by atoms with Crippen LogP contribution in [0.25, 0.3) is 11.4 Å². The van der Waals surface area contributed by atoms with Crippen LogP contribution in [0.15, 0.2) is 47.6 Å². The highest BCUT2D eigenvalue weighted by molar-refractivity contribution is 7.71. The molecule has 1 heterocycles. The van der Waals surface area contributed by atoms with Crippen LogP contribution in [0.4, 0.5) is 0 Å². The Morgan fingerprint density at radius 2 is 2.12 bits per heavy atom. The molecule has 6 nitrogen and oxygen atoms in total. The molecule has 0 atom stereocenters. The number of benzene rings is 2. The number of rotatable bonds is 4. The van der Waals surface area contributed by atoms with Crippen LogP contribution in [0.3, 0.4) is 0 Å². The van der Waals surface area contributed by atoms with Crippen molar-refractivity contribution >= 4 is 30.0 Å². The van der Waals surface area contributed by atoms with Crippen molar-refractivity contribution in [3.8, 4) is 22.9 Å². The molecule has 3 aromatic rings. The maximum atomic E-state index is 9.93. The van der Waals surface area contributed by atoms with Gasteiger partial charge in [-0.05, 0) is 42.5 Å². The van der Waals surface area contributed by atoms with E-state index >= 15 is 0 Å². The SMILES string of the molecule is COc1ccc(O)c(/C=N/n2c(-c3ccccc3Cl)n[nH]c2=S)c1. The van der Waals surface area contributed by atoms with E-state index in [-0.39, 0.29) is 5.75 Å². The molecule has 0 unspecified atom stereocenters. The number of aromatic hydroxyl groups is 1. The number of hydrogen-bond acceptors (Lipinski definition) is 5. The summed E-state index contributed by atoms with van der Waals surface area (Å²) in [6.45, 7) is 0. The number of ether oxygens (including phenoxy) is 1. The third-order valence-electron chi connectivity index (χ3n) is 3.31. The minimum Gasteiger partial charge on any atom is -0.507 e. The first-order chi connectivity index (χ1) is 11.6. The number of aromatic amines is 1. The Morgan fingerprint density at radius 1 is 1.33 bits per heavy atom. The first kappa shape index (κ1) is 16.2. The van der Waals surface area contributed by atoms with Crippen LogP contribution in [0.2, 0.25) is 5.02 Å². The summed E-state index contributed by atoms with van der Waals surface area (Å²) < 4.78 is 6.89. The monoisotopic (exact) mass is 360 g/mol. The molecular formula is C16H13ClN4O2S. The van der Waals surface area contributed by atoms with Crippen molar-refractivity contribution in [2.45, 2.75) is 0 Å². The Bertz CT molecular complexity index is 965. The fourth-order valence-electron chi connectivity index (χ4n) is 2.10. The molecule has 0 saturated carbocycles. The van der Waals surface area contributed by atoms with Crippen molar-refractivity contribution in [3.05, 3.63) is 57.8 Å². The number of methoxy groups -OCH3 is 1. The zero-order valence-corrected chi connectivity index (χ0v) is 14.2. The number of aromatic nitrogens is 3. The van der Waals surface area contributed by atoms with Gasteiger partial charge in [-0.15, -0.1) is 0 Å². The predicted octanol–water partition coefficient (Wildman–Crippen LogP) is 3.86. The van der Waals surface area contributed by atoms with Gasteiger partial charge in [0.2, 0.25) is 4.77 Å². The number of phenols is 1. The second-order valence-electron chi connectivity index (χ2n) is 4.81. The van der Waals surface area contributed by atoms with E-state index in [1.165, 1.54) is 17.0 Å². The first-order valence-electron chi connectivity index (χ1n) is 6.94. The molecule has 0 spiro atoms. The summed E-state index contributed by atoms with van der Waals surface area (Å²) in [5.41, 5.74) is 1.18. The summed E-state index contributed by atoms with van der Waals surface area (Å²) in [5.74, 6) is 1.16. The van der Waals surface area contributed by atoms with Crippen LogP contribution in [0.5, 0.6) is 11.5 Å². The van der Waals surface area contributed by atoms with Crippen LogP contribution in [-0.4, -0.2) is 33.3 Å². The summed E-state index contributed by atoms with van der Waals surface area (Å²) in [6, 6.07) is 12.1. The molecule has 2 aromatic carbocycles. The molecule has 1 aromatic heterocycles. The normalized spacial score (nSPS) is 11.1. The molecular weight excluding hydrogens is 348 g/mol. The van der Waals surface area contributed by atoms with Gasteiger partial charge in [-0.2, -0.15) is 14.9 Å². The van der Waals surface area contributed by atoms with E-state index in [0.717, 1.165) is 0 Å². The molecule has 3 rings (SSSR count). The number of nitrogens with zero attached hydrogens (tertiary/aromatic N) is 3. The summed E-state index contributed by atoms with van der Waals surface area (Å²) >= 11 is 11.4. The topological polar surface area (TPSA) is 75.4 Å². The smallest absolute Gasteiger partial charge is 0.216 e. The predicted molar refractivity (Wildman–Crippen MR) is 95.5 cm³/mol. The lowest BCUT2D eigenvalue weighted by atomic mass is 10.2. The molecule has 0 radical (unpaired) electrons. The molecule has 0 aliphatic rings. The molecule has 8 heteroatoms. The lowest BCUT2D eigenvalue weighted by Crippen LogP contribution is -1.96. The van der Waals surface area contributed by atoms with Crippen molar-refractivity contribution in [1.29, 1.82) is 0 Å². The van der Waals surface area contributed by atoms with Crippen LogP contribution in [-0.2, 0) is 0 Å². The largest absolute Gasteiger partial charge is 0.507 e. The van der Waals surface area contributed by atoms with E-state index in [1.807, 2.05) is 18.2 Å². The molecule has 0 aliphatic carbocycles. The van der Waals surface area contributed by atoms with Gasteiger partial charge in [0.15, 0.2) is 5.82 Å². The van der Waals surface area contributed by atoms with Crippen LogP contribution in [0, 0.1) is 4.77 Å². The summed E-state index contributed by atoms with van der Waals surface area (Å²) in [7, 11) is 1.55. The molecule has 0 fully saturated rings. The van der Waals surface area contributed by atoms with E-state index in [9.17, 15) is 5.11 Å². The molecule has 24 heavy (non-hydrogen) atoms. The third kappa shape index (κ3) is 3.17. The fourth-order valence-corrected chi connectivity index (χ4v) is 2.50. The summed E-state index contributed by atoms with van der Waals surface area (Å²) in [5, 5.41) is 21.6. The van der Waals surface area contributed by atoms with Crippen molar-refractivity contribution in [1.82, 2.24) is 14.9 Å². The summed E-state index contributed by atoms with van der Waals surface area (Å²) in [4.78, 5) is 0. The quantitative estimate of drug-likeness (QED) is 0.547. The Morgan fingerprint density at radius 3 is 2.88 bits per heavy atom. The second-order valence-corrected chi connectivity index (χ2v) is 5.61. The van der Waals surface area contributed by atoms with Crippen molar-refractivity contribution in [3.63, 3.8) is 0 Å². The van der Waals surface area contributed by atoms with E-state index in [4.69, 9.17) is 28.6 Å². The van der Waals surface area contributed by atoms with Gasteiger partial charge >= 0.3 is 0 Å². The molecule has 0 bridgehead atoms. The average molecular weight is 361 g/mol. The maximum Gasteiger partial charge on any atom is 0.216 e. The van der Waals surface area contributed by atoms with Crippen LogP contribution < -0.4 is 4.74 Å². The van der Waals surface area contributed by atoms with Crippen LogP contribution >= 0.6 is 23.8 Å². The first-order valence-corrected chi connectivity index (χ1v) is 7.72. The molecule has 0 saturated heterocycles. The van der Waals surface area contributed by atoms with E-state index in [2.05, 4.69) is 15.3 Å².